The normalized spacial score (nSPS) is 24.5. The Morgan fingerprint density at radius 3 is 3.00 bits per heavy atom. The number of anilines is 1. The number of esters is 1. The first-order valence-corrected chi connectivity index (χ1v) is 9.23. The summed E-state index contributed by atoms with van der Waals surface area (Å²) in [6.07, 6.45) is 7.30. The summed E-state index contributed by atoms with van der Waals surface area (Å²) in [5.41, 5.74) is 0. The second kappa shape index (κ2) is 7.49. The zero-order valence-corrected chi connectivity index (χ0v) is 14.6. The Labute approximate surface area is 141 Å². The SMILES string of the molecule is CCOC(=O)CSc1cncc(N2CCC3CCC(C2)N3C)n1. The summed E-state index contributed by atoms with van der Waals surface area (Å²) in [4.78, 5) is 25.3. The van der Waals surface area contributed by atoms with Crippen molar-refractivity contribution in [3.63, 3.8) is 0 Å². The lowest BCUT2D eigenvalue weighted by Crippen LogP contribution is -2.37. The largest absolute Gasteiger partial charge is 0.465 e. The summed E-state index contributed by atoms with van der Waals surface area (Å²) >= 11 is 1.38. The second-order valence-corrected chi connectivity index (χ2v) is 7.09. The number of hydrogen-bond donors (Lipinski definition) is 0. The molecule has 2 atom stereocenters. The third-order valence-electron chi connectivity index (χ3n) is 4.72. The number of hydrogen-bond acceptors (Lipinski definition) is 7. The smallest absolute Gasteiger partial charge is 0.316 e. The number of nitrogens with zero attached hydrogens (tertiary/aromatic N) is 4. The van der Waals surface area contributed by atoms with Crippen LogP contribution >= 0.6 is 11.8 Å². The summed E-state index contributed by atoms with van der Waals surface area (Å²) in [5, 5.41) is 0.776. The van der Waals surface area contributed by atoms with Gasteiger partial charge in [0.15, 0.2) is 0 Å². The Kier molecular flexibility index (Phi) is 5.38. The molecule has 1 aromatic rings. The fourth-order valence-corrected chi connectivity index (χ4v) is 4.06. The Morgan fingerprint density at radius 1 is 1.35 bits per heavy atom. The highest BCUT2D eigenvalue weighted by atomic mass is 32.2. The first-order valence-electron chi connectivity index (χ1n) is 8.24. The molecule has 6 nitrogen and oxygen atoms in total. The van der Waals surface area contributed by atoms with E-state index < -0.39 is 0 Å². The van der Waals surface area contributed by atoms with Crippen LogP contribution in [-0.2, 0) is 9.53 Å². The van der Waals surface area contributed by atoms with Crippen molar-refractivity contribution in [2.45, 2.75) is 43.3 Å². The highest BCUT2D eigenvalue weighted by Crippen LogP contribution is 2.30. The van der Waals surface area contributed by atoms with E-state index in [1.54, 1.807) is 6.20 Å². The standard InChI is InChI=1S/C16H24N4O2S/c1-3-22-16(21)11-23-15-9-17-8-14(18-15)20-7-6-12-4-5-13(10-20)19(12)2/h8-9,12-13H,3-7,10-11H2,1-2H3. The fourth-order valence-electron chi connectivity index (χ4n) is 3.41. The average molecular weight is 336 g/mol. The van der Waals surface area contributed by atoms with Crippen molar-refractivity contribution in [1.82, 2.24) is 14.9 Å². The zero-order chi connectivity index (χ0) is 16.2. The number of fused-ring (bicyclic) bond motifs is 2. The van der Waals surface area contributed by atoms with Crippen LogP contribution in [0.5, 0.6) is 0 Å². The van der Waals surface area contributed by atoms with E-state index >= 15 is 0 Å². The fraction of sp³-hybridized carbons (Fsp3) is 0.688. The number of aromatic nitrogens is 2. The predicted molar refractivity (Wildman–Crippen MR) is 90.8 cm³/mol. The number of carbonyl (C=O) groups is 1. The lowest BCUT2D eigenvalue weighted by Gasteiger charge is -2.26. The van der Waals surface area contributed by atoms with Crippen molar-refractivity contribution >= 4 is 23.5 Å². The second-order valence-electron chi connectivity index (χ2n) is 6.09. The van der Waals surface area contributed by atoms with Gasteiger partial charge in [-0.2, -0.15) is 0 Å². The van der Waals surface area contributed by atoms with Crippen molar-refractivity contribution in [3.8, 4) is 0 Å². The molecule has 2 aliphatic heterocycles. The number of thioether (sulfide) groups is 1. The molecule has 1 aromatic heterocycles. The predicted octanol–water partition coefficient (Wildman–Crippen LogP) is 1.80. The van der Waals surface area contributed by atoms with E-state index in [-0.39, 0.29) is 11.7 Å². The molecule has 2 saturated heterocycles. The lowest BCUT2D eigenvalue weighted by atomic mass is 10.1. The lowest BCUT2D eigenvalue weighted by molar-refractivity contribution is -0.139. The third kappa shape index (κ3) is 3.95. The van der Waals surface area contributed by atoms with Crippen LogP contribution in [0.15, 0.2) is 17.4 Å². The van der Waals surface area contributed by atoms with E-state index in [1.165, 1.54) is 31.0 Å². The summed E-state index contributed by atoms with van der Waals surface area (Å²) < 4.78 is 4.95. The molecule has 0 radical (unpaired) electrons. The highest BCUT2D eigenvalue weighted by molar-refractivity contribution is 7.99. The van der Waals surface area contributed by atoms with E-state index in [9.17, 15) is 4.79 Å². The molecule has 7 heteroatoms. The summed E-state index contributed by atoms with van der Waals surface area (Å²) in [6.45, 7) is 4.25. The van der Waals surface area contributed by atoms with Gasteiger partial charge in [-0.3, -0.25) is 14.7 Å². The topological polar surface area (TPSA) is 58.6 Å². The van der Waals surface area contributed by atoms with Gasteiger partial charge in [-0.15, -0.1) is 0 Å². The van der Waals surface area contributed by atoms with Gasteiger partial charge < -0.3 is 9.64 Å². The third-order valence-corrected chi connectivity index (χ3v) is 5.59. The van der Waals surface area contributed by atoms with Crippen molar-refractivity contribution < 1.29 is 9.53 Å². The van der Waals surface area contributed by atoms with Crippen LogP contribution in [0.25, 0.3) is 0 Å². The van der Waals surface area contributed by atoms with Gasteiger partial charge in [-0.05, 0) is 33.2 Å². The molecule has 0 saturated carbocycles. The molecule has 0 amide bonds. The summed E-state index contributed by atoms with van der Waals surface area (Å²) in [6, 6.07) is 1.32. The zero-order valence-electron chi connectivity index (χ0n) is 13.8. The molecule has 23 heavy (non-hydrogen) atoms. The Morgan fingerprint density at radius 2 is 2.17 bits per heavy atom. The quantitative estimate of drug-likeness (QED) is 0.600. The number of ether oxygens (including phenoxy) is 1. The minimum Gasteiger partial charge on any atom is -0.465 e. The molecule has 2 bridgehead atoms. The first-order chi connectivity index (χ1) is 11.2. The van der Waals surface area contributed by atoms with E-state index in [4.69, 9.17) is 4.74 Å². The summed E-state index contributed by atoms with van der Waals surface area (Å²) in [5.74, 6) is 0.984. The van der Waals surface area contributed by atoms with E-state index in [0.717, 1.165) is 23.9 Å². The first kappa shape index (κ1) is 16.5. The van der Waals surface area contributed by atoms with Gasteiger partial charge in [0, 0.05) is 25.2 Å². The van der Waals surface area contributed by atoms with E-state index in [1.807, 2.05) is 13.1 Å². The van der Waals surface area contributed by atoms with Crippen molar-refractivity contribution in [2.75, 3.05) is 37.4 Å². The van der Waals surface area contributed by atoms with Crippen LogP contribution in [0.4, 0.5) is 5.82 Å². The van der Waals surface area contributed by atoms with Crippen molar-refractivity contribution in [1.29, 1.82) is 0 Å². The Hall–Kier alpha value is -1.34. The van der Waals surface area contributed by atoms with Gasteiger partial charge in [-0.25, -0.2) is 4.98 Å². The monoisotopic (exact) mass is 336 g/mol. The molecule has 0 aromatic carbocycles. The van der Waals surface area contributed by atoms with Gasteiger partial charge >= 0.3 is 5.97 Å². The van der Waals surface area contributed by atoms with E-state index in [0.29, 0.717) is 18.7 Å². The van der Waals surface area contributed by atoms with Crippen LogP contribution in [0, 0.1) is 0 Å². The Balaban J connectivity index is 1.64. The van der Waals surface area contributed by atoms with Crippen molar-refractivity contribution in [3.05, 3.63) is 12.4 Å². The molecule has 0 N–H and O–H groups in total. The van der Waals surface area contributed by atoms with Gasteiger partial charge in [0.2, 0.25) is 0 Å². The van der Waals surface area contributed by atoms with Crippen LogP contribution in [-0.4, -0.2) is 65.4 Å². The van der Waals surface area contributed by atoms with Gasteiger partial charge in [0.25, 0.3) is 0 Å². The molecule has 126 valence electrons. The van der Waals surface area contributed by atoms with E-state index in [2.05, 4.69) is 26.8 Å². The molecule has 3 heterocycles. The summed E-state index contributed by atoms with van der Waals surface area (Å²) in [7, 11) is 2.24. The van der Waals surface area contributed by atoms with Gasteiger partial charge in [0.05, 0.1) is 24.8 Å². The van der Waals surface area contributed by atoms with Crippen molar-refractivity contribution in [2.24, 2.45) is 0 Å². The van der Waals surface area contributed by atoms with Crippen LogP contribution in [0.3, 0.4) is 0 Å². The maximum Gasteiger partial charge on any atom is 0.316 e. The molecular formula is C16H24N4O2S. The number of carbonyl (C=O) groups excluding carboxylic acids is 1. The van der Waals surface area contributed by atoms with Gasteiger partial charge in [-0.1, -0.05) is 11.8 Å². The number of likely N-dealkylation sites (N-methyl/N-ethyl adjacent to an activating group) is 1. The molecule has 2 fully saturated rings. The number of rotatable bonds is 5. The minimum atomic E-state index is -0.210. The minimum absolute atomic E-state index is 0.210. The molecule has 0 spiro atoms. The highest BCUT2D eigenvalue weighted by Gasteiger charge is 2.35. The molecular weight excluding hydrogens is 312 g/mol. The average Bonchev–Trinajstić information content (AvgIpc) is 2.79. The van der Waals surface area contributed by atoms with Crippen LogP contribution in [0.2, 0.25) is 0 Å². The van der Waals surface area contributed by atoms with Crippen LogP contribution < -0.4 is 4.90 Å². The maximum atomic E-state index is 11.5. The molecule has 2 aliphatic rings. The van der Waals surface area contributed by atoms with Crippen LogP contribution in [0.1, 0.15) is 26.2 Å². The molecule has 2 unspecified atom stereocenters. The maximum absolute atomic E-state index is 11.5. The molecule has 3 rings (SSSR count). The van der Waals surface area contributed by atoms with Gasteiger partial charge in [0.1, 0.15) is 10.8 Å². The Bertz CT molecular complexity index is 557. The molecule has 0 aliphatic carbocycles.